The number of sulfone groups is 1. The van der Waals surface area contributed by atoms with E-state index in [1.165, 1.54) is 11.8 Å². The summed E-state index contributed by atoms with van der Waals surface area (Å²) in [6.07, 6.45) is 2.19. The van der Waals surface area contributed by atoms with E-state index >= 15 is 0 Å². The Kier molecular flexibility index (Phi) is 6.62. The second-order valence-corrected chi connectivity index (χ2v) is 11.5. The summed E-state index contributed by atoms with van der Waals surface area (Å²) >= 11 is 13.8. The second-order valence-electron chi connectivity index (χ2n) is 7.18. The van der Waals surface area contributed by atoms with Crippen LogP contribution < -0.4 is 5.32 Å². The fraction of sp³-hybridized carbons (Fsp3) is 0.238. The highest BCUT2D eigenvalue weighted by atomic mass is 35.5. The highest BCUT2D eigenvalue weighted by molar-refractivity contribution is 8.02. The van der Waals surface area contributed by atoms with E-state index in [0.717, 1.165) is 10.5 Å². The Morgan fingerprint density at radius 3 is 2.74 bits per heavy atom. The number of amides is 1. The number of nitrogens with zero attached hydrogens (tertiary/aromatic N) is 2. The van der Waals surface area contributed by atoms with Gasteiger partial charge in [-0.15, -0.1) is 11.8 Å². The molecule has 6 nitrogen and oxygen atoms in total. The van der Waals surface area contributed by atoms with Gasteiger partial charge in [0, 0.05) is 16.2 Å². The summed E-state index contributed by atoms with van der Waals surface area (Å²) in [6, 6.07) is 14.3. The third-order valence-corrected chi connectivity index (χ3v) is 9.11. The molecule has 0 saturated carbocycles. The van der Waals surface area contributed by atoms with Crippen molar-refractivity contribution >= 4 is 56.5 Å². The number of halogens is 2. The van der Waals surface area contributed by atoms with Gasteiger partial charge in [-0.05, 0) is 30.2 Å². The van der Waals surface area contributed by atoms with Crippen molar-refractivity contribution in [3.63, 3.8) is 0 Å². The molecule has 0 bridgehead atoms. The number of aromatic nitrogens is 2. The lowest BCUT2D eigenvalue weighted by atomic mass is 10.2. The van der Waals surface area contributed by atoms with Crippen LogP contribution in [0.4, 0.5) is 5.82 Å². The zero-order valence-electron chi connectivity index (χ0n) is 16.3. The van der Waals surface area contributed by atoms with E-state index in [1.54, 1.807) is 35.1 Å². The third-order valence-electron chi connectivity index (χ3n) is 4.93. The van der Waals surface area contributed by atoms with Crippen molar-refractivity contribution in [3.8, 4) is 0 Å². The van der Waals surface area contributed by atoms with Gasteiger partial charge in [0.15, 0.2) is 9.84 Å². The van der Waals surface area contributed by atoms with Gasteiger partial charge in [-0.2, -0.15) is 5.10 Å². The first-order chi connectivity index (χ1) is 14.8. The lowest BCUT2D eigenvalue weighted by Crippen LogP contribution is -2.17. The summed E-state index contributed by atoms with van der Waals surface area (Å²) in [4.78, 5) is 13.8. The van der Waals surface area contributed by atoms with E-state index in [9.17, 15) is 13.2 Å². The molecule has 1 aromatic heterocycles. The molecule has 0 aliphatic carbocycles. The molecule has 1 saturated heterocycles. The Hall–Kier alpha value is -2.00. The number of rotatable bonds is 6. The topological polar surface area (TPSA) is 81.1 Å². The highest BCUT2D eigenvalue weighted by Gasteiger charge is 2.29. The maximum atomic E-state index is 13.0. The highest BCUT2D eigenvalue weighted by Crippen LogP contribution is 2.33. The molecule has 1 N–H and O–H groups in total. The Morgan fingerprint density at radius 1 is 1.16 bits per heavy atom. The number of benzene rings is 2. The fourth-order valence-corrected chi connectivity index (χ4v) is 7.38. The molecular formula is C21H19Cl2N3O3S2. The number of carbonyl (C=O) groups excluding carboxylic acids is 1. The van der Waals surface area contributed by atoms with Crippen molar-refractivity contribution < 1.29 is 13.2 Å². The molecular weight excluding hydrogens is 477 g/mol. The van der Waals surface area contributed by atoms with Gasteiger partial charge in [0.1, 0.15) is 5.82 Å². The summed E-state index contributed by atoms with van der Waals surface area (Å²) in [7, 11) is -2.98. The Balaban J connectivity index is 1.51. The van der Waals surface area contributed by atoms with Gasteiger partial charge in [-0.3, -0.25) is 4.79 Å². The maximum absolute atomic E-state index is 13.0. The minimum Gasteiger partial charge on any atom is -0.307 e. The molecule has 1 unspecified atom stereocenters. The smallest absolute Gasteiger partial charge is 0.257 e. The van der Waals surface area contributed by atoms with E-state index in [4.69, 9.17) is 23.2 Å². The van der Waals surface area contributed by atoms with Crippen LogP contribution in [0.15, 0.2) is 59.6 Å². The van der Waals surface area contributed by atoms with Gasteiger partial charge in [0.2, 0.25) is 0 Å². The molecule has 0 radical (unpaired) electrons. The van der Waals surface area contributed by atoms with Crippen molar-refractivity contribution in [3.05, 3.63) is 75.9 Å². The first kappa shape index (κ1) is 22.2. The SMILES string of the molecule is O=C(Nc1ccnn1Cc1cccc(Cl)c1Cl)c1ccccc1SC1CCS(=O)(=O)C1. The lowest BCUT2D eigenvalue weighted by molar-refractivity contribution is 0.102. The lowest BCUT2D eigenvalue weighted by Gasteiger charge is -2.14. The first-order valence-corrected chi connectivity index (χ1v) is 13.0. The molecule has 162 valence electrons. The van der Waals surface area contributed by atoms with Crippen LogP contribution in [-0.2, 0) is 16.4 Å². The average molecular weight is 496 g/mol. The fourth-order valence-electron chi connectivity index (χ4n) is 3.37. The number of anilines is 1. The summed E-state index contributed by atoms with van der Waals surface area (Å²) in [5.74, 6) is 0.567. The molecule has 1 atom stereocenters. The molecule has 31 heavy (non-hydrogen) atoms. The Labute approximate surface area is 194 Å². The molecule has 10 heteroatoms. The van der Waals surface area contributed by atoms with Gasteiger partial charge in [-0.25, -0.2) is 13.1 Å². The number of carbonyl (C=O) groups is 1. The predicted molar refractivity (Wildman–Crippen MR) is 125 cm³/mol. The summed E-state index contributed by atoms with van der Waals surface area (Å²) < 4.78 is 25.2. The van der Waals surface area contributed by atoms with Crippen LogP contribution in [0.2, 0.25) is 10.0 Å². The zero-order valence-corrected chi connectivity index (χ0v) is 19.4. The van der Waals surface area contributed by atoms with Crippen molar-refractivity contribution in [2.75, 3.05) is 16.8 Å². The normalized spacial score (nSPS) is 17.5. The number of thioether (sulfide) groups is 1. The molecule has 1 aliphatic rings. The monoisotopic (exact) mass is 495 g/mol. The first-order valence-electron chi connectivity index (χ1n) is 9.54. The zero-order chi connectivity index (χ0) is 22.0. The van der Waals surface area contributed by atoms with Gasteiger partial charge in [0.05, 0.1) is 39.9 Å². The van der Waals surface area contributed by atoms with Gasteiger partial charge in [0.25, 0.3) is 5.91 Å². The van der Waals surface area contributed by atoms with Crippen LogP contribution in [0.5, 0.6) is 0 Å². The van der Waals surface area contributed by atoms with Gasteiger partial charge >= 0.3 is 0 Å². The van der Waals surface area contributed by atoms with Gasteiger partial charge < -0.3 is 5.32 Å². The largest absolute Gasteiger partial charge is 0.307 e. The van der Waals surface area contributed by atoms with E-state index < -0.39 is 9.84 Å². The molecule has 2 heterocycles. The van der Waals surface area contributed by atoms with E-state index in [-0.39, 0.29) is 22.7 Å². The standard InChI is InChI=1S/C21H19Cl2N3O3S2/c22-17-6-3-4-14(20(17)23)12-26-19(8-10-24-26)25-21(27)16-5-1-2-7-18(16)30-15-9-11-31(28,29)13-15/h1-8,10,15H,9,11-13H2,(H,25,27). The van der Waals surface area contributed by atoms with Crippen LogP contribution in [0, 0.1) is 0 Å². The maximum Gasteiger partial charge on any atom is 0.257 e. The minimum atomic E-state index is -2.98. The number of nitrogens with one attached hydrogen (secondary N) is 1. The predicted octanol–water partition coefficient (Wildman–Crippen LogP) is 4.77. The molecule has 1 amide bonds. The minimum absolute atomic E-state index is 0.0468. The Bertz CT molecular complexity index is 1230. The summed E-state index contributed by atoms with van der Waals surface area (Å²) in [5.41, 5.74) is 1.28. The molecule has 1 fully saturated rings. The van der Waals surface area contributed by atoms with Crippen LogP contribution in [0.3, 0.4) is 0 Å². The number of hydrogen-bond donors (Lipinski definition) is 1. The summed E-state index contributed by atoms with van der Waals surface area (Å²) in [5, 5.41) is 8.03. The van der Waals surface area contributed by atoms with Crippen LogP contribution in [0.1, 0.15) is 22.3 Å². The number of hydrogen-bond acceptors (Lipinski definition) is 5. The van der Waals surface area contributed by atoms with Crippen LogP contribution in [0.25, 0.3) is 0 Å². The molecule has 3 aromatic rings. The summed E-state index contributed by atoms with van der Waals surface area (Å²) in [6.45, 7) is 0.346. The van der Waals surface area contributed by atoms with Crippen molar-refractivity contribution in [2.24, 2.45) is 0 Å². The van der Waals surface area contributed by atoms with E-state index in [2.05, 4.69) is 10.4 Å². The molecule has 0 spiro atoms. The second kappa shape index (κ2) is 9.24. The Morgan fingerprint density at radius 2 is 1.97 bits per heavy atom. The average Bonchev–Trinajstić information content (AvgIpc) is 3.31. The third kappa shape index (κ3) is 5.26. The van der Waals surface area contributed by atoms with Crippen LogP contribution >= 0.6 is 35.0 Å². The molecule has 4 rings (SSSR count). The van der Waals surface area contributed by atoms with E-state index in [0.29, 0.717) is 34.4 Å². The van der Waals surface area contributed by atoms with Crippen LogP contribution in [-0.4, -0.2) is 40.9 Å². The van der Waals surface area contributed by atoms with Gasteiger partial charge in [-0.1, -0.05) is 47.5 Å². The quantitative estimate of drug-likeness (QED) is 0.532. The molecule has 1 aliphatic heterocycles. The molecule has 2 aromatic carbocycles. The van der Waals surface area contributed by atoms with E-state index in [1.807, 2.05) is 24.3 Å². The van der Waals surface area contributed by atoms with Crippen molar-refractivity contribution in [1.82, 2.24) is 9.78 Å². The van der Waals surface area contributed by atoms with Crippen molar-refractivity contribution in [2.45, 2.75) is 23.1 Å². The van der Waals surface area contributed by atoms with Crippen molar-refractivity contribution in [1.29, 1.82) is 0 Å².